The van der Waals surface area contributed by atoms with Crippen LogP contribution in [0.1, 0.15) is 36.2 Å². The molecule has 1 amide bonds. The zero-order valence-electron chi connectivity index (χ0n) is 18.3. The molecule has 0 aliphatic rings. The summed E-state index contributed by atoms with van der Waals surface area (Å²) in [7, 11) is -3.70. The van der Waals surface area contributed by atoms with Gasteiger partial charge >= 0.3 is 13.6 Å². The molecule has 0 aliphatic carbocycles. The van der Waals surface area contributed by atoms with E-state index >= 15 is 0 Å². The average Bonchev–Trinajstić information content (AvgIpc) is 3.33. The van der Waals surface area contributed by atoms with Crippen LogP contribution in [0.5, 0.6) is 0 Å². The first-order valence-electron chi connectivity index (χ1n) is 10.2. The van der Waals surface area contributed by atoms with Crippen molar-refractivity contribution in [3.8, 4) is 10.4 Å². The lowest BCUT2D eigenvalue weighted by Crippen LogP contribution is -2.13. The standard InChI is InChI=1S/C23H25N2O6PS/c1-3-12-29-32(28,31-30-16(2)26)15-17-6-8-18(9-7-17)23(27)25-21-14-19(10-11-20(21)24)22-5-4-13-33-22/h4-11,13-14H,3,12,15,24H2,1-2H3,(H,25,27). The molecule has 0 saturated carbocycles. The summed E-state index contributed by atoms with van der Waals surface area (Å²) in [5, 5.41) is 4.82. The van der Waals surface area contributed by atoms with Gasteiger partial charge in [0.2, 0.25) is 0 Å². The van der Waals surface area contributed by atoms with Crippen LogP contribution in [0.25, 0.3) is 10.4 Å². The minimum absolute atomic E-state index is 0.113. The summed E-state index contributed by atoms with van der Waals surface area (Å²) in [6, 6.07) is 15.9. The van der Waals surface area contributed by atoms with Gasteiger partial charge in [-0.1, -0.05) is 35.9 Å². The summed E-state index contributed by atoms with van der Waals surface area (Å²) >= 11 is 1.60. The maximum absolute atomic E-state index is 12.9. The molecule has 3 rings (SSSR count). The average molecular weight is 489 g/mol. The molecule has 2 aromatic carbocycles. The van der Waals surface area contributed by atoms with Crippen molar-refractivity contribution in [2.75, 3.05) is 17.7 Å². The largest absolute Gasteiger partial charge is 0.397 e. The van der Waals surface area contributed by atoms with Crippen LogP contribution in [0.2, 0.25) is 0 Å². The predicted octanol–water partition coefficient (Wildman–Crippen LogP) is 5.86. The first kappa shape index (κ1) is 24.7. The Kier molecular flexibility index (Phi) is 8.41. The van der Waals surface area contributed by atoms with Crippen LogP contribution in [0.4, 0.5) is 11.4 Å². The summed E-state index contributed by atoms with van der Waals surface area (Å²) < 4.78 is 23.0. The Bertz CT molecular complexity index is 1150. The minimum Gasteiger partial charge on any atom is -0.397 e. The van der Waals surface area contributed by atoms with Crippen molar-refractivity contribution in [1.29, 1.82) is 0 Å². The van der Waals surface area contributed by atoms with E-state index in [2.05, 4.69) is 10.2 Å². The Labute approximate surface area is 196 Å². The molecule has 0 spiro atoms. The second kappa shape index (κ2) is 11.2. The van der Waals surface area contributed by atoms with Crippen molar-refractivity contribution in [1.82, 2.24) is 0 Å². The highest BCUT2D eigenvalue weighted by Gasteiger charge is 2.28. The molecule has 1 unspecified atom stereocenters. The van der Waals surface area contributed by atoms with Gasteiger partial charge in [-0.15, -0.1) is 11.3 Å². The van der Waals surface area contributed by atoms with Gasteiger partial charge in [-0.3, -0.25) is 14.2 Å². The lowest BCUT2D eigenvalue weighted by atomic mass is 10.1. The van der Waals surface area contributed by atoms with Crippen molar-refractivity contribution >= 4 is 42.2 Å². The van der Waals surface area contributed by atoms with Crippen LogP contribution in [-0.2, 0) is 29.6 Å². The lowest BCUT2D eigenvalue weighted by Gasteiger charge is -2.16. The quantitative estimate of drug-likeness (QED) is 0.159. The van der Waals surface area contributed by atoms with Crippen LogP contribution < -0.4 is 11.1 Å². The molecule has 10 heteroatoms. The Morgan fingerprint density at radius 2 is 1.88 bits per heavy atom. The molecule has 3 N–H and O–H groups in total. The van der Waals surface area contributed by atoms with Crippen LogP contribution in [-0.4, -0.2) is 18.5 Å². The zero-order valence-corrected chi connectivity index (χ0v) is 20.0. The van der Waals surface area contributed by atoms with E-state index in [0.29, 0.717) is 28.9 Å². The summed E-state index contributed by atoms with van der Waals surface area (Å²) in [4.78, 5) is 29.3. The van der Waals surface area contributed by atoms with E-state index in [0.717, 1.165) is 17.4 Å². The van der Waals surface area contributed by atoms with E-state index in [1.54, 1.807) is 41.7 Å². The third-order valence-corrected chi connectivity index (χ3v) is 7.01. The number of hydrogen-bond donors (Lipinski definition) is 2. The van der Waals surface area contributed by atoms with Gasteiger partial charge in [0.1, 0.15) is 0 Å². The van der Waals surface area contributed by atoms with Gasteiger partial charge < -0.3 is 15.6 Å². The zero-order chi connectivity index (χ0) is 23.8. The smallest absolute Gasteiger partial charge is 0.373 e. The molecule has 1 aromatic heterocycles. The predicted molar refractivity (Wildman–Crippen MR) is 129 cm³/mol. The molecule has 0 saturated heterocycles. The number of benzene rings is 2. The van der Waals surface area contributed by atoms with Crippen molar-refractivity contribution in [2.24, 2.45) is 0 Å². The van der Waals surface area contributed by atoms with Crippen molar-refractivity contribution in [2.45, 2.75) is 26.4 Å². The van der Waals surface area contributed by atoms with Crippen molar-refractivity contribution in [3.05, 3.63) is 71.1 Å². The Hall–Kier alpha value is -2.97. The highest BCUT2D eigenvalue weighted by molar-refractivity contribution is 7.52. The van der Waals surface area contributed by atoms with Crippen LogP contribution >= 0.6 is 18.9 Å². The third-order valence-electron chi connectivity index (χ3n) is 4.46. The number of carbonyl (C=O) groups is 2. The van der Waals surface area contributed by atoms with Crippen LogP contribution in [0, 0.1) is 0 Å². The number of carbonyl (C=O) groups excluding carboxylic acids is 2. The summed E-state index contributed by atoms with van der Waals surface area (Å²) in [6.45, 7) is 3.18. The van der Waals surface area contributed by atoms with Gasteiger partial charge in [-0.05, 0) is 53.3 Å². The number of amides is 1. The first-order chi connectivity index (χ1) is 15.8. The normalized spacial score (nSPS) is 12.7. The van der Waals surface area contributed by atoms with E-state index in [9.17, 15) is 14.2 Å². The molecule has 8 nitrogen and oxygen atoms in total. The third kappa shape index (κ3) is 7.00. The van der Waals surface area contributed by atoms with Crippen LogP contribution in [0.15, 0.2) is 60.0 Å². The number of hydrogen-bond acceptors (Lipinski definition) is 8. The highest BCUT2D eigenvalue weighted by Crippen LogP contribution is 2.51. The van der Waals surface area contributed by atoms with Crippen molar-refractivity contribution in [3.63, 3.8) is 0 Å². The number of nitrogens with one attached hydrogen (secondary N) is 1. The van der Waals surface area contributed by atoms with Crippen molar-refractivity contribution < 1.29 is 28.2 Å². The minimum atomic E-state index is -3.70. The molecule has 1 atom stereocenters. The van der Waals surface area contributed by atoms with Crippen LogP contribution in [0.3, 0.4) is 0 Å². The molecular weight excluding hydrogens is 463 g/mol. The monoisotopic (exact) mass is 488 g/mol. The molecule has 1 heterocycles. The second-order valence-electron chi connectivity index (χ2n) is 7.18. The van der Waals surface area contributed by atoms with Gasteiger partial charge in [0, 0.05) is 17.4 Å². The first-order valence-corrected chi connectivity index (χ1v) is 12.8. The molecule has 0 bridgehead atoms. The van der Waals surface area contributed by atoms with E-state index in [-0.39, 0.29) is 18.7 Å². The number of thiophene rings is 1. The molecule has 0 aliphatic heterocycles. The highest BCUT2D eigenvalue weighted by atomic mass is 32.1. The van der Waals surface area contributed by atoms with E-state index < -0.39 is 13.6 Å². The number of nitrogens with two attached hydrogens (primary N) is 1. The molecule has 0 radical (unpaired) electrons. The molecule has 174 valence electrons. The maximum Gasteiger partial charge on any atom is 0.373 e. The number of rotatable bonds is 10. The molecule has 3 aromatic rings. The number of anilines is 2. The molecular formula is C23H25N2O6PS. The SMILES string of the molecule is CCCOP(=O)(Cc1ccc(C(=O)Nc2cc(-c3cccs3)ccc2N)cc1)OOC(C)=O. The maximum atomic E-state index is 12.9. The van der Waals surface area contributed by atoms with Gasteiger partial charge in [-0.25, -0.2) is 4.79 Å². The summed E-state index contributed by atoms with van der Waals surface area (Å²) in [6.07, 6.45) is 0.501. The molecule has 0 fully saturated rings. The second-order valence-corrected chi connectivity index (χ2v) is 10.1. The number of nitrogen functional groups attached to an aromatic ring is 1. The fourth-order valence-corrected chi connectivity index (χ4v) is 5.12. The Morgan fingerprint density at radius 3 is 2.52 bits per heavy atom. The fourth-order valence-electron chi connectivity index (χ4n) is 2.87. The fraction of sp³-hybridized carbons (Fsp3) is 0.217. The van der Waals surface area contributed by atoms with Gasteiger partial charge in [0.05, 0.1) is 24.1 Å². The van der Waals surface area contributed by atoms with Gasteiger partial charge in [0.25, 0.3) is 5.91 Å². The topological polar surface area (TPSA) is 117 Å². The van der Waals surface area contributed by atoms with E-state index in [4.69, 9.17) is 14.9 Å². The Balaban J connectivity index is 1.70. The summed E-state index contributed by atoms with van der Waals surface area (Å²) in [5.41, 5.74) is 8.96. The van der Waals surface area contributed by atoms with Gasteiger partial charge in [-0.2, -0.15) is 0 Å². The Morgan fingerprint density at radius 1 is 1.12 bits per heavy atom. The summed E-state index contributed by atoms with van der Waals surface area (Å²) in [5.74, 6) is -1.07. The van der Waals surface area contributed by atoms with Gasteiger partial charge in [0.15, 0.2) is 0 Å². The van der Waals surface area contributed by atoms with E-state index in [1.807, 2.05) is 36.6 Å². The lowest BCUT2D eigenvalue weighted by molar-refractivity contribution is -0.215. The molecule has 33 heavy (non-hydrogen) atoms. The van der Waals surface area contributed by atoms with E-state index in [1.165, 1.54) is 0 Å².